The zero-order chi connectivity index (χ0) is 25.3. The van der Waals surface area contributed by atoms with Crippen molar-refractivity contribution in [2.45, 2.75) is 29.2 Å². The number of quaternary nitrogens is 1. The lowest BCUT2D eigenvalue weighted by molar-refractivity contribution is -0.891. The second-order valence-corrected chi connectivity index (χ2v) is 11.9. The molecular formula is C27H30N3O4S2+. The van der Waals surface area contributed by atoms with Crippen LogP contribution in [0.1, 0.15) is 12.8 Å². The summed E-state index contributed by atoms with van der Waals surface area (Å²) in [5.74, 6) is -1.02. The molecule has 188 valence electrons. The molecule has 5 rings (SSSR count). The van der Waals surface area contributed by atoms with E-state index in [1.807, 2.05) is 54.6 Å². The first-order valence-corrected chi connectivity index (χ1v) is 14.2. The third kappa shape index (κ3) is 5.05. The number of aliphatic carboxylic acids is 1. The van der Waals surface area contributed by atoms with Gasteiger partial charge in [0.1, 0.15) is 17.1 Å². The number of β-lactam (4-membered cyclic amide) rings is 1. The molecule has 2 aromatic carbocycles. The number of allylic oxidation sites excluding steroid dienone is 1. The van der Waals surface area contributed by atoms with Gasteiger partial charge in [0.05, 0.1) is 32.4 Å². The number of amides is 2. The molecule has 7 nitrogen and oxygen atoms in total. The van der Waals surface area contributed by atoms with Crippen LogP contribution >= 0.6 is 23.5 Å². The van der Waals surface area contributed by atoms with Crippen LogP contribution in [0.15, 0.2) is 70.8 Å². The molecular weight excluding hydrogens is 494 g/mol. The summed E-state index contributed by atoms with van der Waals surface area (Å²) in [6, 6.07) is 13.4. The van der Waals surface area contributed by atoms with E-state index >= 15 is 0 Å². The van der Waals surface area contributed by atoms with Crippen molar-refractivity contribution in [2.75, 3.05) is 38.2 Å². The van der Waals surface area contributed by atoms with Crippen molar-refractivity contribution >= 4 is 52.1 Å². The van der Waals surface area contributed by atoms with Crippen molar-refractivity contribution in [3.8, 4) is 0 Å². The van der Waals surface area contributed by atoms with E-state index < -0.39 is 17.4 Å². The number of nitrogens with one attached hydrogen (secondary N) is 1. The van der Waals surface area contributed by atoms with Gasteiger partial charge in [-0.3, -0.25) is 14.5 Å². The van der Waals surface area contributed by atoms with Crippen LogP contribution in [0.4, 0.5) is 0 Å². The van der Waals surface area contributed by atoms with Gasteiger partial charge in [0, 0.05) is 23.5 Å². The highest BCUT2D eigenvalue weighted by molar-refractivity contribution is 8.00. The molecule has 2 atom stereocenters. The van der Waals surface area contributed by atoms with Gasteiger partial charge in [-0.1, -0.05) is 36.4 Å². The minimum atomic E-state index is -1.11. The number of carboxylic acids is 1. The fraction of sp³-hybridized carbons (Fsp3) is 0.370. The van der Waals surface area contributed by atoms with Crippen LogP contribution in [-0.2, 0) is 14.4 Å². The van der Waals surface area contributed by atoms with E-state index in [1.54, 1.807) is 0 Å². The van der Waals surface area contributed by atoms with Gasteiger partial charge in [0.25, 0.3) is 5.91 Å². The molecule has 36 heavy (non-hydrogen) atoms. The normalized spacial score (nSPS) is 23.1. The van der Waals surface area contributed by atoms with E-state index in [9.17, 15) is 19.5 Å². The third-order valence-corrected chi connectivity index (χ3v) is 9.41. The molecule has 2 saturated heterocycles. The number of fused-ring (bicyclic) bond motifs is 2. The Morgan fingerprint density at radius 1 is 1.19 bits per heavy atom. The predicted octanol–water partition coefficient (Wildman–Crippen LogP) is 3.47. The van der Waals surface area contributed by atoms with E-state index in [0.29, 0.717) is 11.3 Å². The van der Waals surface area contributed by atoms with Crippen molar-refractivity contribution in [3.05, 3.63) is 65.9 Å². The molecule has 3 heterocycles. The molecule has 0 spiro atoms. The minimum Gasteiger partial charge on any atom is -0.477 e. The van der Waals surface area contributed by atoms with Crippen molar-refractivity contribution in [1.82, 2.24) is 10.2 Å². The summed E-state index contributed by atoms with van der Waals surface area (Å²) in [5.41, 5.74) is 0.694. The molecule has 2 fully saturated rings. The second-order valence-electron chi connectivity index (χ2n) is 9.79. The SMILES string of the molecule is C[N+]1(C/C=C/C2=C(C(=O)O)N3C(=O)[C@@H](NC(=O)CSc4ccc5ccccc5c4)[C@H]3SC2)CCCC1. The number of likely N-dealkylation sites (N-methyl/N-ethyl adjacent to an activating group) is 1. The first-order chi connectivity index (χ1) is 17.3. The average Bonchev–Trinajstić information content (AvgIpc) is 3.31. The molecule has 2 amide bonds. The fourth-order valence-electron chi connectivity index (χ4n) is 5.12. The van der Waals surface area contributed by atoms with Crippen molar-refractivity contribution in [3.63, 3.8) is 0 Å². The Morgan fingerprint density at radius 2 is 1.94 bits per heavy atom. The number of hydrogen-bond acceptors (Lipinski definition) is 5. The zero-order valence-corrected chi connectivity index (χ0v) is 21.8. The van der Waals surface area contributed by atoms with Gasteiger partial charge in [-0.2, -0.15) is 0 Å². The van der Waals surface area contributed by atoms with Crippen molar-refractivity contribution in [2.24, 2.45) is 0 Å². The van der Waals surface area contributed by atoms with Crippen LogP contribution in [0.5, 0.6) is 0 Å². The van der Waals surface area contributed by atoms with E-state index in [1.165, 1.54) is 41.3 Å². The Balaban J connectivity index is 1.20. The monoisotopic (exact) mass is 524 g/mol. The van der Waals surface area contributed by atoms with E-state index in [0.717, 1.165) is 39.8 Å². The third-order valence-electron chi connectivity index (χ3n) is 7.12. The van der Waals surface area contributed by atoms with Gasteiger partial charge in [-0.05, 0) is 34.6 Å². The molecule has 0 aromatic heterocycles. The Hall–Kier alpha value is -2.75. The van der Waals surface area contributed by atoms with Crippen LogP contribution in [0.3, 0.4) is 0 Å². The lowest BCUT2D eigenvalue weighted by Crippen LogP contribution is -2.70. The van der Waals surface area contributed by atoms with Crippen LogP contribution in [0.25, 0.3) is 10.8 Å². The van der Waals surface area contributed by atoms with Gasteiger partial charge in [-0.25, -0.2) is 4.79 Å². The van der Waals surface area contributed by atoms with Gasteiger partial charge >= 0.3 is 5.97 Å². The Labute approximate surface area is 219 Å². The number of carbonyl (C=O) groups is 3. The summed E-state index contributed by atoms with van der Waals surface area (Å²) in [7, 11) is 2.22. The Kier molecular flexibility index (Phi) is 7.14. The number of likely N-dealkylation sites (tertiary alicyclic amines) is 1. The van der Waals surface area contributed by atoms with Crippen LogP contribution in [-0.4, -0.2) is 81.9 Å². The Bertz CT molecular complexity index is 1270. The molecule has 9 heteroatoms. The maximum absolute atomic E-state index is 12.9. The van der Waals surface area contributed by atoms with Crippen LogP contribution in [0, 0.1) is 0 Å². The lowest BCUT2D eigenvalue weighted by Gasteiger charge is -2.49. The number of rotatable bonds is 8. The van der Waals surface area contributed by atoms with E-state index in [2.05, 4.69) is 12.4 Å². The number of carboxylic acid groups (broad SMARTS) is 1. The first-order valence-electron chi connectivity index (χ1n) is 12.2. The Morgan fingerprint density at radius 3 is 2.69 bits per heavy atom. The number of benzene rings is 2. The van der Waals surface area contributed by atoms with Gasteiger partial charge < -0.3 is 14.9 Å². The molecule has 0 unspecified atom stereocenters. The molecule has 0 radical (unpaired) electrons. The highest BCUT2D eigenvalue weighted by Crippen LogP contribution is 2.40. The van der Waals surface area contributed by atoms with Gasteiger partial charge in [0.2, 0.25) is 5.91 Å². The number of carbonyl (C=O) groups excluding carboxylic acids is 2. The number of hydrogen-bond donors (Lipinski definition) is 2. The largest absolute Gasteiger partial charge is 0.477 e. The highest BCUT2D eigenvalue weighted by atomic mass is 32.2. The first kappa shape index (κ1) is 24.9. The predicted molar refractivity (Wildman–Crippen MR) is 144 cm³/mol. The summed E-state index contributed by atoms with van der Waals surface area (Å²) >= 11 is 2.92. The average molecular weight is 525 g/mol. The maximum atomic E-state index is 12.9. The van der Waals surface area contributed by atoms with Crippen LogP contribution < -0.4 is 5.32 Å². The topological polar surface area (TPSA) is 86.7 Å². The van der Waals surface area contributed by atoms with Gasteiger partial charge in [-0.15, -0.1) is 23.5 Å². The summed E-state index contributed by atoms with van der Waals surface area (Å²) in [6.45, 7) is 3.13. The highest BCUT2D eigenvalue weighted by Gasteiger charge is 2.53. The molecule has 3 aliphatic heterocycles. The fourth-order valence-corrected chi connectivity index (χ4v) is 7.20. The summed E-state index contributed by atoms with van der Waals surface area (Å²) in [5, 5.41) is 14.6. The van der Waals surface area contributed by atoms with Crippen molar-refractivity contribution in [1.29, 1.82) is 0 Å². The summed E-state index contributed by atoms with van der Waals surface area (Å²) < 4.78 is 0.968. The molecule has 0 aliphatic carbocycles. The number of nitrogens with zero attached hydrogens (tertiary/aromatic N) is 2. The summed E-state index contributed by atoms with van der Waals surface area (Å²) in [4.78, 5) is 39.9. The standard InChI is InChI=1S/C27H29N3O4S2/c1-30(12-4-5-13-30)14-6-9-20-16-36-26-23(25(32)29(26)24(20)27(33)34)28-22(31)17-35-21-11-10-18-7-2-3-8-19(18)15-21/h2-3,6-11,15,23,26H,4-5,12-14,16-17H2,1H3,(H-,28,31,33,34)/p+1/b9-6+/t23-,26-/m1/s1. The van der Waals surface area contributed by atoms with Crippen LogP contribution in [0.2, 0.25) is 0 Å². The molecule has 0 saturated carbocycles. The quantitative estimate of drug-likeness (QED) is 0.313. The molecule has 2 aromatic rings. The maximum Gasteiger partial charge on any atom is 0.352 e. The number of thioether (sulfide) groups is 2. The van der Waals surface area contributed by atoms with E-state index in [4.69, 9.17) is 0 Å². The molecule has 0 bridgehead atoms. The molecule has 3 aliphatic rings. The lowest BCUT2D eigenvalue weighted by atomic mass is 10.0. The zero-order valence-electron chi connectivity index (χ0n) is 20.2. The minimum absolute atomic E-state index is 0.0418. The van der Waals surface area contributed by atoms with Gasteiger partial charge in [0.15, 0.2) is 0 Å². The smallest absolute Gasteiger partial charge is 0.352 e. The summed E-state index contributed by atoms with van der Waals surface area (Å²) in [6.07, 6.45) is 6.36. The second kappa shape index (κ2) is 10.3. The van der Waals surface area contributed by atoms with E-state index in [-0.39, 0.29) is 23.3 Å². The molecule has 2 N–H and O–H groups in total. The van der Waals surface area contributed by atoms with Crippen molar-refractivity contribution < 1.29 is 24.0 Å².